The highest BCUT2D eigenvalue weighted by atomic mass is 32.2. The Morgan fingerprint density at radius 2 is 1.74 bits per heavy atom. The molecule has 1 aliphatic carbocycles. The molecule has 27 heavy (non-hydrogen) atoms. The maximum absolute atomic E-state index is 8.48. The van der Waals surface area contributed by atoms with E-state index in [1.807, 2.05) is 0 Å². The average molecular weight is 372 g/mol. The zero-order valence-electron chi connectivity index (χ0n) is 15.1. The van der Waals surface area contributed by atoms with Crippen molar-refractivity contribution in [2.75, 3.05) is 5.75 Å². The Bertz CT molecular complexity index is 973. The van der Waals surface area contributed by atoms with Gasteiger partial charge in [0.2, 0.25) is 0 Å². The summed E-state index contributed by atoms with van der Waals surface area (Å²) >= 11 is 1.69. The second-order valence-corrected chi connectivity index (χ2v) is 8.06. The van der Waals surface area contributed by atoms with Gasteiger partial charge in [-0.05, 0) is 47.6 Å². The number of fused-ring (bicyclic) bond motifs is 1. The molecule has 0 saturated carbocycles. The highest BCUT2D eigenvalue weighted by molar-refractivity contribution is 8.15. The fraction of sp³-hybridized carbons (Fsp3) is 0.217. The lowest BCUT2D eigenvalue weighted by molar-refractivity contribution is 0.473. The number of benzene rings is 2. The Morgan fingerprint density at radius 1 is 1.00 bits per heavy atom. The van der Waals surface area contributed by atoms with E-state index in [9.17, 15) is 0 Å². The van der Waals surface area contributed by atoms with Crippen LogP contribution in [0, 0.1) is 5.41 Å². The smallest absolute Gasteiger partial charge is 0.171 e. The lowest BCUT2D eigenvalue weighted by atomic mass is 9.83. The first-order valence-corrected chi connectivity index (χ1v) is 10.4. The van der Waals surface area contributed by atoms with Gasteiger partial charge in [0, 0.05) is 0 Å². The highest BCUT2D eigenvalue weighted by Crippen LogP contribution is 2.47. The fourth-order valence-corrected chi connectivity index (χ4v) is 5.11. The third-order valence-corrected chi connectivity index (χ3v) is 6.35. The fourth-order valence-electron chi connectivity index (χ4n) is 4.19. The largest absolute Gasteiger partial charge is 0.297 e. The van der Waals surface area contributed by atoms with Crippen LogP contribution in [-0.2, 0) is 0 Å². The van der Waals surface area contributed by atoms with Crippen LogP contribution in [0.15, 0.2) is 82.5 Å². The Kier molecular flexibility index (Phi) is 4.21. The van der Waals surface area contributed by atoms with Gasteiger partial charge in [0.25, 0.3) is 0 Å². The number of hydrogen-bond acceptors (Lipinski definition) is 3. The molecule has 2 aromatic rings. The number of thioether (sulfide) groups is 1. The first-order valence-electron chi connectivity index (χ1n) is 9.43. The quantitative estimate of drug-likeness (QED) is 0.741. The van der Waals surface area contributed by atoms with E-state index >= 15 is 0 Å². The minimum atomic E-state index is 0.107. The SMILES string of the molecule is N=C1CSC2=NC3=C(CCC/C3=C/c3ccccc3)C(c3ccccc3)N12. The number of nitrogens with zero attached hydrogens (tertiary/aromatic N) is 2. The van der Waals surface area contributed by atoms with Crippen molar-refractivity contribution < 1.29 is 0 Å². The summed E-state index contributed by atoms with van der Waals surface area (Å²) < 4.78 is 0. The van der Waals surface area contributed by atoms with Crippen molar-refractivity contribution in [3.05, 3.63) is 88.6 Å². The standard InChI is InChI=1S/C23H21N3S/c24-20-15-27-23-25-21-18(14-16-8-3-1-4-9-16)12-7-13-19(21)22(26(20)23)17-10-5-2-6-11-17/h1-6,8-11,14,22,24H,7,12-13,15H2/b18-14-,24-20?. The predicted octanol–water partition coefficient (Wildman–Crippen LogP) is 5.64. The maximum Gasteiger partial charge on any atom is 0.171 e. The number of allylic oxidation sites excluding steroid dienone is 1. The van der Waals surface area contributed by atoms with Crippen LogP contribution in [0.1, 0.15) is 36.4 Å². The monoisotopic (exact) mass is 371 g/mol. The van der Waals surface area contributed by atoms with Gasteiger partial charge in [-0.25, -0.2) is 4.99 Å². The van der Waals surface area contributed by atoms with Crippen molar-refractivity contribution in [3.63, 3.8) is 0 Å². The molecule has 3 aliphatic rings. The molecule has 1 fully saturated rings. The second-order valence-electron chi connectivity index (χ2n) is 7.12. The molecule has 2 aromatic carbocycles. The van der Waals surface area contributed by atoms with Gasteiger partial charge in [-0.1, -0.05) is 72.4 Å². The van der Waals surface area contributed by atoms with Gasteiger partial charge < -0.3 is 0 Å². The topological polar surface area (TPSA) is 39.5 Å². The molecule has 4 heteroatoms. The molecule has 0 bridgehead atoms. The van der Waals surface area contributed by atoms with Crippen LogP contribution in [-0.4, -0.2) is 21.7 Å². The van der Waals surface area contributed by atoms with Crippen LogP contribution < -0.4 is 0 Å². The Labute approximate surface area is 164 Å². The van der Waals surface area contributed by atoms with E-state index < -0.39 is 0 Å². The molecular weight excluding hydrogens is 350 g/mol. The first kappa shape index (κ1) is 16.6. The van der Waals surface area contributed by atoms with Gasteiger partial charge in [-0.15, -0.1) is 0 Å². The van der Waals surface area contributed by atoms with Crippen molar-refractivity contribution in [3.8, 4) is 0 Å². The van der Waals surface area contributed by atoms with Crippen molar-refractivity contribution in [1.82, 2.24) is 4.90 Å². The zero-order chi connectivity index (χ0) is 18.2. The van der Waals surface area contributed by atoms with E-state index in [4.69, 9.17) is 10.4 Å². The molecule has 1 unspecified atom stereocenters. The summed E-state index contributed by atoms with van der Waals surface area (Å²) in [7, 11) is 0. The van der Waals surface area contributed by atoms with Crippen molar-refractivity contribution >= 4 is 28.8 Å². The number of amidine groups is 2. The summed E-state index contributed by atoms with van der Waals surface area (Å²) in [6.45, 7) is 0. The molecule has 5 rings (SSSR count). The van der Waals surface area contributed by atoms with E-state index in [-0.39, 0.29) is 6.04 Å². The minimum Gasteiger partial charge on any atom is -0.297 e. The predicted molar refractivity (Wildman–Crippen MR) is 114 cm³/mol. The number of rotatable bonds is 2. The van der Waals surface area contributed by atoms with E-state index in [0.717, 1.165) is 30.1 Å². The summed E-state index contributed by atoms with van der Waals surface area (Å²) in [5, 5.41) is 9.46. The maximum atomic E-state index is 8.48. The number of hydrogen-bond donors (Lipinski definition) is 1. The third-order valence-electron chi connectivity index (χ3n) is 5.39. The molecule has 1 atom stereocenters. The van der Waals surface area contributed by atoms with Gasteiger partial charge in [0.1, 0.15) is 5.84 Å². The van der Waals surface area contributed by atoms with E-state index in [2.05, 4.69) is 71.6 Å². The van der Waals surface area contributed by atoms with Crippen LogP contribution >= 0.6 is 11.8 Å². The molecule has 0 spiro atoms. The third kappa shape index (κ3) is 2.94. The number of nitrogens with one attached hydrogen (secondary N) is 1. The summed E-state index contributed by atoms with van der Waals surface area (Å²) in [5.74, 6) is 1.37. The van der Waals surface area contributed by atoms with E-state index in [0.29, 0.717) is 11.6 Å². The molecule has 1 N–H and O–H groups in total. The summed E-state index contributed by atoms with van der Waals surface area (Å²) in [4.78, 5) is 7.19. The molecular formula is C23H21N3S. The first-order chi connectivity index (χ1) is 13.3. The van der Waals surface area contributed by atoms with Gasteiger partial charge in [-0.2, -0.15) is 0 Å². The van der Waals surface area contributed by atoms with Gasteiger partial charge in [0.15, 0.2) is 5.17 Å². The Hall–Kier alpha value is -2.59. The van der Waals surface area contributed by atoms with E-state index in [1.165, 1.54) is 22.3 Å². The van der Waals surface area contributed by atoms with Crippen molar-refractivity contribution in [2.24, 2.45) is 4.99 Å². The Morgan fingerprint density at radius 3 is 2.52 bits per heavy atom. The second kappa shape index (κ2) is 6.86. The van der Waals surface area contributed by atoms with Gasteiger partial charge in [-0.3, -0.25) is 10.3 Å². The normalized spacial score (nSPS) is 23.3. The van der Waals surface area contributed by atoms with Crippen LogP contribution in [0.5, 0.6) is 0 Å². The van der Waals surface area contributed by atoms with Crippen molar-refractivity contribution in [1.29, 1.82) is 5.41 Å². The van der Waals surface area contributed by atoms with E-state index in [1.54, 1.807) is 11.8 Å². The molecule has 0 radical (unpaired) electrons. The van der Waals surface area contributed by atoms with Crippen LogP contribution in [0.4, 0.5) is 0 Å². The summed E-state index contributed by atoms with van der Waals surface area (Å²) in [5.41, 5.74) is 6.34. The highest BCUT2D eigenvalue weighted by Gasteiger charge is 2.40. The van der Waals surface area contributed by atoms with Crippen LogP contribution in [0.25, 0.3) is 6.08 Å². The molecule has 134 valence electrons. The zero-order valence-corrected chi connectivity index (χ0v) is 15.9. The van der Waals surface area contributed by atoms with Gasteiger partial charge in [0.05, 0.1) is 17.5 Å². The minimum absolute atomic E-state index is 0.107. The van der Waals surface area contributed by atoms with Crippen molar-refractivity contribution in [2.45, 2.75) is 25.3 Å². The number of aliphatic imine (C=N–C) groups is 1. The van der Waals surface area contributed by atoms with Gasteiger partial charge >= 0.3 is 0 Å². The summed E-state index contributed by atoms with van der Waals surface area (Å²) in [6, 6.07) is 21.2. The molecule has 2 aliphatic heterocycles. The molecule has 0 aromatic heterocycles. The molecule has 3 nitrogen and oxygen atoms in total. The van der Waals surface area contributed by atoms with Crippen LogP contribution in [0.3, 0.4) is 0 Å². The Balaban J connectivity index is 1.66. The van der Waals surface area contributed by atoms with Crippen LogP contribution in [0.2, 0.25) is 0 Å². The molecule has 0 amide bonds. The molecule has 2 heterocycles. The molecule has 1 saturated heterocycles. The lowest BCUT2D eigenvalue weighted by Crippen LogP contribution is -2.38. The average Bonchev–Trinajstić information content (AvgIpc) is 3.09. The summed E-state index contributed by atoms with van der Waals surface area (Å²) in [6.07, 6.45) is 5.54. The lowest BCUT2D eigenvalue weighted by Gasteiger charge is -2.38.